The van der Waals surface area contributed by atoms with E-state index in [-0.39, 0.29) is 5.56 Å². The van der Waals surface area contributed by atoms with E-state index in [1.165, 1.54) is 17.2 Å². The average Bonchev–Trinajstić information content (AvgIpc) is 2.88. The number of rotatable bonds is 4. The number of nitrogens with zero attached hydrogens (tertiary/aromatic N) is 3. The Bertz CT molecular complexity index is 808. The molecular weight excluding hydrogens is 266 g/mol. The molecule has 0 amide bonds. The van der Waals surface area contributed by atoms with Gasteiger partial charge in [0.2, 0.25) is 0 Å². The lowest BCUT2D eigenvalue weighted by Crippen LogP contribution is -2.03. The molecule has 2 aromatic heterocycles. The van der Waals surface area contributed by atoms with Crippen molar-refractivity contribution in [1.82, 2.24) is 14.6 Å². The summed E-state index contributed by atoms with van der Waals surface area (Å²) in [4.78, 5) is 11.0. The molecule has 0 aliphatic carbocycles. The Labute approximate surface area is 121 Å². The fourth-order valence-electron chi connectivity index (χ4n) is 2.37. The van der Waals surface area contributed by atoms with Crippen LogP contribution in [0.4, 0.5) is 0 Å². The van der Waals surface area contributed by atoms with Gasteiger partial charge in [-0.25, -0.2) is 4.79 Å². The van der Waals surface area contributed by atoms with Gasteiger partial charge < -0.3 is 5.11 Å². The molecule has 3 rings (SSSR count). The summed E-state index contributed by atoms with van der Waals surface area (Å²) in [5.74, 6) is -0.174. The number of aryl methyl sites for hydroxylation is 3. The first-order valence-corrected chi connectivity index (χ1v) is 6.76. The van der Waals surface area contributed by atoms with Crippen molar-refractivity contribution in [3.63, 3.8) is 0 Å². The second kappa shape index (κ2) is 5.36. The molecule has 0 unspecified atom stereocenters. The molecule has 0 aliphatic heterocycles. The van der Waals surface area contributed by atoms with Crippen LogP contribution in [-0.2, 0) is 12.8 Å². The van der Waals surface area contributed by atoms with E-state index >= 15 is 0 Å². The molecule has 0 saturated heterocycles. The normalized spacial score (nSPS) is 10.9. The molecule has 0 spiro atoms. The minimum Gasteiger partial charge on any atom is -0.478 e. The number of pyridine rings is 1. The van der Waals surface area contributed by atoms with Gasteiger partial charge >= 0.3 is 5.97 Å². The summed E-state index contributed by atoms with van der Waals surface area (Å²) >= 11 is 0. The van der Waals surface area contributed by atoms with Crippen molar-refractivity contribution in [2.24, 2.45) is 0 Å². The molecule has 0 radical (unpaired) electrons. The third-order valence-corrected chi connectivity index (χ3v) is 3.60. The van der Waals surface area contributed by atoms with Gasteiger partial charge in [-0.15, -0.1) is 10.2 Å². The van der Waals surface area contributed by atoms with Crippen LogP contribution in [0.2, 0.25) is 0 Å². The van der Waals surface area contributed by atoms with Gasteiger partial charge in [-0.1, -0.05) is 24.3 Å². The summed E-state index contributed by atoms with van der Waals surface area (Å²) in [5, 5.41) is 17.3. The van der Waals surface area contributed by atoms with Crippen LogP contribution in [0.5, 0.6) is 0 Å². The van der Waals surface area contributed by atoms with Gasteiger partial charge in [-0.05, 0) is 36.6 Å². The first kappa shape index (κ1) is 13.3. The number of benzene rings is 1. The van der Waals surface area contributed by atoms with Gasteiger partial charge in [0.25, 0.3) is 0 Å². The smallest absolute Gasteiger partial charge is 0.337 e. The third-order valence-electron chi connectivity index (χ3n) is 3.60. The highest BCUT2D eigenvalue weighted by Gasteiger charge is 2.09. The van der Waals surface area contributed by atoms with E-state index < -0.39 is 5.97 Å². The molecule has 3 aromatic rings. The lowest BCUT2D eigenvalue weighted by atomic mass is 10.0. The van der Waals surface area contributed by atoms with Crippen LogP contribution >= 0.6 is 0 Å². The zero-order valence-corrected chi connectivity index (χ0v) is 11.7. The quantitative estimate of drug-likeness (QED) is 0.798. The first-order chi connectivity index (χ1) is 10.1. The maximum Gasteiger partial charge on any atom is 0.337 e. The van der Waals surface area contributed by atoms with Crippen LogP contribution in [0, 0.1) is 6.92 Å². The standard InChI is InChI=1S/C16H15N3O2/c1-11-4-2-3-5-12(11)6-8-14-17-18-15-9-7-13(16(20)21)10-19(14)15/h2-5,7,9-10H,6,8H2,1H3,(H,20,21). The molecule has 5 nitrogen and oxygen atoms in total. The number of aromatic nitrogens is 3. The van der Waals surface area contributed by atoms with E-state index in [2.05, 4.69) is 29.3 Å². The number of carbonyl (C=O) groups is 1. The van der Waals surface area contributed by atoms with Crippen LogP contribution in [-0.4, -0.2) is 25.7 Å². The molecule has 1 aromatic carbocycles. The number of carboxylic acids is 1. The summed E-state index contributed by atoms with van der Waals surface area (Å²) < 4.78 is 1.75. The average molecular weight is 281 g/mol. The Balaban J connectivity index is 1.89. The van der Waals surface area contributed by atoms with Gasteiger partial charge in [-0.2, -0.15) is 0 Å². The van der Waals surface area contributed by atoms with E-state index in [1.54, 1.807) is 16.7 Å². The maximum absolute atomic E-state index is 11.0. The largest absolute Gasteiger partial charge is 0.478 e. The first-order valence-electron chi connectivity index (χ1n) is 6.76. The lowest BCUT2D eigenvalue weighted by molar-refractivity contribution is 0.0696. The van der Waals surface area contributed by atoms with E-state index in [9.17, 15) is 4.79 Å². The summed E-state index contributed by atoms with van der Waals surface area (Å²) in [6.07, 6.45) is 3.14. The van der Waals surface area contributed by atoms with Crippen molar-refractivity contribution in [2.45, 2.75) is 19.8 Å². The third kappa shape index (κ3) is 2.63. The number of hydrogen-bond donors (Lipinski definition) is 1. The van der Waals surface area contributed by atoms with E-state index in [0.717, 1.165) is 18.7 Å². The molecule has 5 heteroatoms. The lowest BCUT2D eigenvalue weighted by Gasteiger charge is -2.05. The zero-order valence-electron chi connectivity index (χ0n) is 11.7. The maximum atomic E-state index is 11.0. The predicted octanol–water partition coefficient (Wildman–Crippen LogP) is 2.52. The zero-order chi connectivity index (χ0) is 14.8. The number of fused-ring (bicyclic) bond motifs is 1. The highest BCUT2D eigenvalue weighted by molar-refractivity contribution is 5.87. The van der Waals surface area contributed by atoms with Crippen molar-refractivity contribution in [3.8, 4) is 0 Å². The Morgan fingerprint density at radius 2 is 1.95 bits per heavy atom. The molecule has 0 atom stereocenters. The Morgan fingerprint density at radius 1 is 1.14 bits per heavy atom. The Hall–Kier alpha value is -2.69. The second-order valence-corrected chi connectivity index (χ2v) is 4.99. The number of carboxylic acid groups (broad SMARTS) is 1. The summed E-state index contributed by atoms with van der Waals surface area (Å²) in [6, 6.07) is 11.4. The van der Waals surface area contributed by atoms with Crippen molar-refractivity contribution in [1.29, 1.82) is 0 Å². The molecule has 21 heavy (non-hydrogen) atoms. The molecule has 106 valence electrons. The van der Waals surface area contributed by atoms with E-state index in [4.69, 9.17) is 5.11 Å². The van der Waals surface area contributed by atoms with E-state index in [1.807, 2.05) is 12.1 Å². The van der Waals surface area contributed by atoms with Gasteiger partial charge in [-0.3, -0.25) is 4.40 Å². The molecule has 0 aliphatic rings. The van der Waals surface area contributed by atoms with Gasteiger partial charge in [0.15, 0.2) is 5.65 Å². The van der Waals surface area contributed by atoms with Crippen LogP contribution in [0.15, 0.2) is 42.6 Å². The summed E-state index contributed by atoms with van der Waals surface area (Å²) in [5.41, 5.74) is 3.42. The molecule has 0 bridgehead atoms. The van der Waals surface area contributed by atoms with Gasteiger partial charge in [0, 0.05) is 12.6 Å². The number of hydrogen-bond acceptors (Lipinski definition) is 3. The fraction of sp³-hybridized carbons (Fsp3) is 0.188. The number of aromatic carboxylic acids is 1. The highest BCUT2D eigenvalue weighted by atomic mass is 16.4. The Morgan fingerprint density at radius 3 is 2.71 bits per heavy atom. The second-order valence-electron chi connectivity index (χ2n) is 4.99. The van der Waals surface area contributed by atoms with Crippen molar-refractivity contribution < 1.29 is 9.90 Å². The van der Waals surface area contributed by atoms with Gasteiger partial charge in [0.05, 0.1) is 5.56 Å². The molecule has 1 N–H and O–H groups in total. The highest BCUT2D eigenvalue weighted by Crippen LogP contribution is 2.12. The summed E-state index contributed by atoms with van der Waals surface area (Å²) in [7, 11) is 0. The van der Waals surface area contributed by atoms with Crippen LogP contribution in [0.1, 0.15) is 27.3 Å². The monoisotopic (exact) mass is 281 g/mol. The van der Waals surface area contributed by atoms with Crippen molar-refractivity contribution in [3.05, 3.63) is 65.1 Å². The van der Waals surface area contributed by atoms with Gasteiger partial charge in [0.1, 0.15) is 5.82 Å². The van der Waals surface area contributed by atoms with Crippen LogP contribution in [0.3, 0.4) is 0 Å². The fourth-order valence-corrected chi connectivity index (χ4v) is 2.37. The molecule has 0 fully saturated rings. The van der Waals surface area contributed by atoms with Crippen molar-refractivity contribution in [2.75, 3.05) is 0 Å². The molecule has 0 saturated carbocycles. The minimum atomic E-state index is -0.949. The van der Waals surface area contributed by atoms with Crippen LogP contribution < -0.4 is 0 Å². The molecular formula is C16H15N3O2. The van der Waals surface area contributed by atoms with Crippen LogP contribution in [0.25, 0.3) is 5.65 Å². The minimum absolute atomic E-state index is 0.236. The Kier molecular flexibility index (Phi) is 3.39. The predicted molar refractivity (Wildman–Crippen MR) is 78.5 cm³/mol. The van der Waals surface area contributed by atoms with Crippen molar-refractivity contribution >= 4 is 11.6 Å². The summed E-state index contributed by atoms with van der Waals surface area (Å²) in [6.45, 7) is 2.08. The SMILES string of the molecule is Cc1ccccc1CCc1nnc2ccc(C(=O)O)cn12. The van der Waals surface area contributed by atoms with E-state index in [0.29, 0.717) is 5.65 Å². The topological polar surface area (TPSA) is 67.5 Å². The molecule has 2 heterocycles.